The molecule has 1 N–H and O–H groups in total. The highest BCUT2D eigenvalue weighted by Gasteiger charge is 2.30. The number of ether oxygens (including phenoxy) is 2. The normalized spacial score (nSPS) is 17.9. The molecule has 6 nitrogen and oxygen atoms in total. The van der Waals surface area contributed by atoms with Crippen molar-refractivity contribution in [1.29, 1.82) is 0 Å². The van der Waals surface area contributed by atoms with Gasteiger partial charge in [-0.2, -0.15) is 4.31 Å². The Kier molecular flexibility index (Phi) is 7.23. The summed E-state index contributed by atoms with van der Waals surface area (Å²) in [7, 11) is -0.165. The molecule has 0 aromatic carbocycles. The van der Waals surface area contributed by atoms with Gasteiger partial charge in [-0.3, -0.25) is 0 Å². The summed E-state index contributed by atoms with van der Waals surface area (Å²) in [6.45, 7) is 3.78. The van der Waals surface area contributed by atoms with Crippen molar-refractivity contribution in [3.63, 3.8) is 0 Å². The summed E-state index contributed by atoms with van der Waals surface area (Å²) in [5, 5.41) is 2.83. The fourth-order valence-corrected chi connectivity index (χ4v) is 3.21. The van der Waals surface area contributed by atoms with Crippen LogP contribution in [0.25, 0.3) is 0 Å². The van der Waals surface area contributed by atoms with E-state index in [4.69, 9.17) is 9.47 Å². The summed E-state index contributed by atoms with van der Waals surface area (Å²) in [5.74, 6) is 0. The van der Waals surface area contributed by atoms with Crippen molar-refractivity contribution in [3.05, 3.63) is 0 Å². The maximum Gasteiger partial charge on any atom is 0.218 e. The van der Waals surface area contributed by atoms with Crippen LogP contribution in [0.5, 0.6) is 0 Å². The Balaban J connectivity index is 2.54. The molecule has 114 valence electrons. The molecule has 0 saturated heterocycles. The number of nitrogens with one attached hydrogen (secondary N) is 1. The van der Waals surface area contributed by atoms with Crippen LogP contribution in [0.2, 0.25) is 0 Å². The molecule has 0 bridgehead atoms. The highest BCUT2D eigenvalue weighted by atomic mass is 32.2. The van der Waals surface area contributed by atoms with Crippen molar-refractivity contribution in [1.82, 2.24) is 9.62 Å². The van der Waals surface area contributed by atoms with E-state index in [-0.39, 0.29) is 0 Å². The van der Waals surface area contributed by atoms with Crippen molar-refractivity contribution >= 4 is 10.0 Å². The lowest BCUT2D eigenvalue weighted by atomic mass is 10.4. The summed E-state index contributed by atoms with van der Waals surface area (Å²) in [6, 6.07) is 0.518. The molecule has 1 atom stereocenters. The first-order chi connectivity index (χ1) is 9.02. The number of hydrogen-bond donors (Lipinski definition) is 1. The molecule has 1 fully saturated rings. The van der Waals surface area contributed by atoms with Crippen molar-refractivity contribution in [2.45, 2.75) is 31.1 Å². The van der Waals surface area contributed by atoms with Gasteiger partial charge in [0.1, 0.15) is 0 Å². The quantitative estimate of drug-likeness (QED) is 0.583. The van der Waals surface area contributed by atoms with Crippen molar-refractivity contribution in [2.24, 2.45) is 0 Å². The molecule has 0 aromatic heterocycles. The molecule has 1 saturated carbocycles. The van der Waals surface area contributed by atoms with Gasteiger partial charge in [-0.1, -0.05) is 0 Å². The van der Waals surface area contributed by atoms with Gasteiger partial charge >= 0.3 is 0 Å². The van der Waals surface area contributed by atoms with Crippen LogP contribution in [-0.4, -0.2) is 71.1 Å². The van der Waals surface area contributed by atoms with Gasteiger partial charge < -0.3 is 14.8 Å². The van der Waals surface area contributed by atoms with Crippen LogP contribution >= 0.6 is 0 Å². The van der Waals surface area contributed by atoms with Crippen molar-refractivity contribution in [3.8, 4) is 0 Å². The van der Waals surface area contributed by atoms with Crippen LogP contribution < -0.4 is 5.32 Å². The maximum atomic E-state index is 12.5. The molecule has 0 amide bonds. The minimum absolute atomic E-state index is 0.371. The molecule has 1 rings (SSSR count). The van der Waals surface area contributed by atoms with Gasteiger partial charge in [0.15, 0.2) is 0 Å². The van der Waals surface area contributed by atoms with E-state index in [1.165, 1.54) is 4.31 Å². The van der Waals surface area contributed by atoms with Crippen LogP contribution in [-0.2, 0) is 19.5 Å². The van der Waals surface area contributed by atoms with E-state index < -0.39 is 15.3 Å². The largest absolute Gasteiger partial charge is 0.383 e. The van der Waals surface area contributed by atoms with E-state index in [0.717, 1.165) is 12.8 Å². The molecule has 0 aliphatic heterocycles. The predicted molar refractivity (Wildman–Crippen MR) is 74.7 cm³/mol. The third-order valence-corrected chi connectivity index (χ3v) is 5.50. The van der Waals surface area contributed by atoms with E-state index in [1.807, 2.05) is 0 Å². The average Bonchev–Trinajstić information content (AvgIpc) is 3.19. The van der Waals surface area contributed by atoms with Crippen LogP contribution in [0.1, 0.15) is 19.8 Å². The highest BCUT2D eigenvalue weighted by Crippen LogP contribution is 2.19. The summed E-state index contributed by atoms with van der Waals surface area (Å²) in [4.78, 5) is 0. The fourth-order valence-electron chi connectivity index (χ4n) is 1.73. The summed E-state index contributed by atoms with van der Waals surface area (Å²) in [5.41, 5.74) is 0. The molecule has 1 unspecified atom stereocenters. The minimum atomic E-state index is -3.30. The second kappa shape index (κ2) is 8.16. The van der Waals surface area contributed by atoms with E-state index in [2.05, 4.69) is 5.32 Å². The Bertz CT molecular complexity index is 336. The average molecular weight is 294 g/mol. The topological polar surface area (TPSA) is 67.9 Å². The second-order valence-electron chi connectivity index (χ2n) is 4.92. The van der Waals surface area contributed by atoms with Crippen LogP contribution in [0.3, 0.4) is 0 Å². The molecule has 0 spiro atoms. The first kappa shape index (κ1) is 16.8. The monoisotopic (exact) mass is 294 g/mol. The zero-order chi connectivity index (χ0) is 14.3. The van der Waals surface area contributed by atoms with E-state index in [0.29, 0.717) is 38.9 Å². The van der Waals surface area contributed by atoms with Gasteiger partial charge in [0.25, 0.3) is 0 Å². The summed E-state index contributed by atoms with van der Waals surface area (Å²) < 4.78 is 36.3. The van der Waals surface area contributed by atoms with Crippen LogP contribution in [0, 0.1) is 0 Å². The number of methoxy groups -OCH3 is 2. The lowest BCUT2D eigenvalue weighted by Gasteiger charge is -2.25. The Morgan fingerprint density at radius 1 is 1.21 bits per heavy atom. The van der Waals surface area contributed by atoms with E-state index in [9.17, 15) is 8.42 Å². The van der Waals surface area contributed by atoms with Gasteiger partial charge in [0.05, 0.1) is 18.5 Å². The molecular weight excluding hydrogens is 268 g/mol. The van der Waals surface area contributed by atoms with Crippen LogP contribution in [0.4, 0.5) is 0 Å². The molecular formula is C12H26N2O4S. The summed E-state index contributed by atoms with van der Waals surface area (Å²) in [6.07, 6.45) is 2.31. The first-order valence-corrected chi connectivity index (χ1v) is 8.23. The molecule has 1 aliphatic carbocycles. The Morgan fingerprint density at radius 3 is 2.16 bits per heavy atom. The van der Waals surface area contributed by atoms with E-state index >= 15 is 0 Å². The molecule has 1 aliphatic rings. The zero-order valence-electron chi connectivity index (χ0n) is 12.1. The third-order valence-electron chi connectivity index (χ3n) is 3.23. The number of rotatable bonds is 11. The van der Waals surface area contributed by atoms with Crippen molar-refractivity contribution < 1.29 is 17.9 Å². The van der Waals surface area contributed by atoms with Gasteiger partial charge in [-0.05, 0) is 19.8 Å². The lowest BCUT2D eigenvalue weighted by molar-refractivity contribution is 0.150. The van der Waals surface area contributed by atoms with E-state index in [1.54, 1.807) is 21.1 Å². The summed E-state index contributed by atoms with van der Waals surface area (Å²) >= 11 is 0. The van der Waals surface area contributed by atoms with Gasteiger partial charge in [0, 0.05) is 39.9 Å². The smallest absolute Gasteiger partial charge is 0.218 e. The Hall–Kier alpha value is -0.210. The fraction of sp³-hybridized carbons (Fsp3) is 1.00. The van der Waals surface area contributed by atoms with Gasteiger partial charge in [0.2, 0.25) is 10.0 Å². The Labute approximate surface area is 116 Å². The Morgan fingerprint density at radius 2 is 1.74 bits per heavy atom. The highest BCUT2D eigenvalue weighted by molar-refractivity contribution is 7.89. The zero-order valence-corrected chi connectivity index (χ0v) is 12.9. The molecule has 0 heterocycles. The first-order valence-electron chi connectivity index (χ1n) is 6.72. The van der Waals surface area contributed by atoms with Gasteiger partial charge in [-0.15, -0.1) is 0 Å². The minimum Gasteiger partial charge on any atom is -0.383 e. The number of nitrogens with zero attached hydrogens (tertiary/aromatic N) is 1. The van der Waals surface area contributed by atoms with Crippen LogP contribution in [0.15, 0.2) is 0 Å². The second-order valence-corrected chi connectivity index (χ2v) is 7.27. The molecule has 7 heteroatoms. The molecule has 19 heavy (non-hydrogen) atoms. The van der Waals surface area contributed by atoms with Gasteiger partial charge in [-0.25, -0.2) is 8.42 Å². The molecule has 0 aromatic rings. The lowest BCUT2D eigenvalue weighted by Crippen LogP contribution is -2.45. The molecule has 0 radical (unpaired) electrons. The SMILES string of the molecule is COCCN(CCOC)S(=O)(=O)C(C)CNC1CC1. The standard InChI is InChI=1S/C12H26N2O4S/c1-11(10-13-12-4-5-12)19(15,16)14(6-8-17-2)7-9-18-3/h11-13H,4-10H2,1-3H3. The third kappa shape index (κ3) is 5.74. The number of hydrogen-bond acceptors (Lipinski definition) is 5. The van der Waals surface area contributed by atoms with Crippen molar-refractivity contribution in [2.75, 3.05) is 47.1 Å². The number of sulfonamides is 1. The predicted octanol–water partition coefficient (Wildman–Crippen LogP) is 0.0515. The maximum absolute atomic E-state index is 12.5.